The van der Waals surface area contributed by atoms with Gasteiger partial charge in [-0.1, -0.05) is 144 Å². The second kappa shape index (κ2) is 12.4. The predicted molar refractivity (Wildman–Crippen MR) is 236 cm³/mol. The monoisotopic (exact) mass is 672 g/mol. The lowest BCUT2D eigenvalue weighted by Crippen LogP contribution is -2.35. The van der Waals surface area contributed by atoms with Gasteiger partial charge in [0.2, 0.25) is 0 Å². The average molecular weight is 672 g/mol. The van der Waals surface area contributed by atoms with E-state index in [0.29, 0.717) is 0 Å². The van der Waals surface area contributed by atoms with Crippen molar-refractivity contribution < 1.29 is 0 Å². The Morgan fingerprint density at radius 3 is 1.64 bits per heavy atom. The van der Waals surface area contributed by atoms with Gasteiger partial charge in [-0.3, -0.25) is 0 Å². The Morgan fingerprint density at radius 2 is 0.906 bits per heavy atom. The van der Waals surface area contributed by atoms with E-state index in [1.54, 1.807) is 0 Å². The van der Waals surface area contributed by atoms with Gasteiger partial charge in [-0.15, -0.1) is 0 Å². The van der Waals surface area contributed by atoms with Crippen LogP contribution in [0.3, 0.4) is 0 Å². The molecule has 0 spiro atoms. The molecule has 5 heteroatoms. The van der Waals surface area contributed by atoms with Gasteiger partial charge >= 0.3 is 0 Å². The molecule has 53 heavy (non-hydrogen) atoms. The molecule has 8 aromatic carbocycles. The van der Waals surface area contributed by atoms with E-state index in [0.717, 1.165) is 5.69 Å². The summed E-state index contributed by atoms with van der Waals surface area (Å²) in [4.78, 5) is 0. The molecule has 0 atom stereocenters. The summed E-state index contributed by atoms with van der Waals surface area (Å²) in [5, 5.41) is 5.15. The van der Waals surface area contributed by atoms with Gasteiger partial charge in [0, 0.05) is 38.4 Å². The molecule has 0 aliphatic carbocycles. The molecule has 2 aromatic heterocycles. The van der Waals surface area contributed by atoms with Crippen LogP contribution in [0.1, 0.15) is 0 Å². The van der Waals surface area contributed by atoms with Crippen LogP contribution in [0.2, 0.25) is 0 Å². The molecule has 0 amide bonds. The fourth-order valence-corrected chi connectivity index (χ4v) is 8.81. The first kappa shape index (κ1) is 31.3. The van der Waals surface area contributed by atoms with Crippen molar-refractivity contribution in [3.05, 3.63) is 176 Å². The first-order chi connectivity index (χ1) is 26.1. The number of fused-ring (bicyclic) bond motifs is 6. The van der Waals surface area contributed by atoms with Crippen molar-refractivity contribution in [2.45, 2.75) is 0 Å². The van der Waals surface area contributed by atoms with E-state index in [2.05, 4.69) is 209 Å². The van der Waals surface area contributed by atoms with Crippen LogP contribution in [0.5, 0.6) is 0 Å². The Kier molecular flexibility index (Phi) is 7.30. The number of aromatic nitrogens is 2. The van der Waals surface area contributed by atoms with Gasteiger partial charge in [0.1, 0.15) is 23.5 Å². The summed E-state index contributed by atoms with van der Waals surface area (Å²) in [6, 6.07) is 64.0. The zero-order valence-electron chi connectivity index (χ0n) is 30.1. The maximum atomic E-state index is 2.48. The van der Waals surface area contributed by atoms with E-state index in [4.69, 9.17) is 0 Å². The summed E-state index contributed by atoms with van der Waals surface area (Å²) >= 11 is 0. The van der Waals surface area contributed by atoms with Gasteiger partial charge in [0.25, 0.3) is 0 Å². The van der Waals surface area contributed by atoms with Crippen molar-refractivity contribution in [2.24, 2.45) is 0 Å². The quantitative estimate of drug-likeness (QED) is 0.166. The van der Waals surface area contributed by atoms with E-state index in [-0.39, 0.29) is 0 Å². The molecule has 0 saturated heterocycles. The molecule has 246 valence electrons. The topological polar surface area (TPSA) is 9.86 Å². The molecule has 0 N–H and O–H groups in total. The van der Waals surface area contributed by atoms with Gasteiger partial charge in [-0.2, -0.15) is 0 Å². The minimum atomic E-state index is 1.16. The number of para-hydroxylation sites is 2. The molecule has 0 fully saturated rings. The molecule has 0 unspecified atom stereocenters. The third kappa shape index (κ3) is 4.84. The van der Waals surface area contributed by atoms with Gasteiger partial charge in [-0.25, -0.2) is 0 Å². The highest BCUT2D eigenvalue weighted by Gasteiger charge is 2.24. The lowest BCUT2D eigenvalue weighted by molar-refractivity contribution is 1.18. The predicted octanol–water partition coefficient (Wildman–Crippen LogP) is 7.66. The maximum absolute atomic E-state index is 2.48. The first-order valence-electron chi connectivity index (χ1n) is 18.5. The van der Waals surface area contributed by atoms with E-state index in [9.17, 15) is 0 Å². The van der Waals surface area contributed by atoms with Gasteiger partial charge in [-0.05, 0) is 81.9 Å². The Hall–Kier alpha value is -6.45. The SMILES string of the molecule is Bc1c(-c2ccc3c(c2)c2ccccc2n3-c2ccc(-c3ccccc3)cc2)c(B)c2c3c(-c4ccccc4)cccc3n(-c3ccccc3)c2c1B. The lowest BCUT2D eigenvalue weighted by atomic mass is 9.69. The van der Waals surface area contributed by atoms with Crippen LogP contribution in [0, 0.1) is 0 Å². The van der Waals surface area contributed by atoms with Crippen LogP contribution in [-0.2, 0) is 0 Å². The summed E-state index contributed by atoms with van der Waals surface area (Å²) in [5.41, 5.74) is 18.7. The van der Waals surface area contributed by atoms with E-state index < -0.39 is 0 Å². The third-order valence-corrected chi connectivity index (χ3v) is 11.3. The summed E-state index contributed by atoms with van der Waals surface area (Å²) in [6.07, 6.45) is 0. The van der Waals surface area contributed by atoms with Crippen molar-refractivity contribution in [3.8, 4) is 44.8 Å². The highest BCUT2D eigenvalue weighted by molar-refractivity contribution is 6.60. The fourth-order valence-electron chi connectivity index (χ4n) is 8.81. The fraction of sp³-hybridized carbons (Fsp3) is 0. The number of hydrogen-bond acceptors (Lipinski definition) is 0. The minimum Gasteiger partial charge on any atom is -0.310 e. The molecular weight excluding hydrogens is 637 g/mol. The van der Waals surface area contributed by atoms with Crippen LogP contribution in [0.25, 0.3) is 88.4 Å². The summed E-state index contributed by atoms with van der Waals surface area (Å²) in [5.74, 6) is 0. The van der Waals surface area contributed by atoms with Crippen molar-refractivity contribution in [3.63, 3.8) is 0 Å². The smallest absolute Gasteiger partial charge is 0.141 e. The highest BCUT2D eigenvalue weighted by atomic mass is 15.0. The van der Waals surface area contributed by atoms with Crippen molar-refractivity contribution in [2.75, 3.05) is 0 Å². The highest BCUT2D eigenvalue weighted by Crippen LogP contribution is 2.39. The Bertz CT molecular complexity index is 3000. The van der Waals surface area contributed by atoms with E-state index in [1.165, 1.54) is 99.1 Å². The largest absolute Gasteiger partial charge is 0.310 e. The van der Waals surface area contributed by atoms with Crippen LogP contribution < -0.4 is 16.4 Å². The molecule has 0 aliphatic rings. The van der Waals surface area contributed by atoms with Crippen LogP contribution in [-0.4, -0.2) is 32.7 Å². The Morgan fingerprint density at radius 1 is 0.340 bits per heavy atom. The molecule has 0 aliphatic heterocycles. The second-order valence-electron chi connectivity index (χ2n) is 14.2. The molecule has 2 heterocycles. The number of rotatable bonds is 5. The van der Waals surface area contributed by atoms with Gasteiger partial charge < -0.3 is 9.13 Å². The third-order valence-electron chi connectivity index (χ3n) is 11.3. The molecular formula is C48H35B3N2. The zero-order valence-corrected chi connectivity index (χ0v) is 30.1. The number of nitrogens with zero attached hydrogens (tertiary/aromatic N) is 2. The molecule has 0 radical (unpaired) electrons. The van der Waals surface area contributed by atoms with Crippen LogP contribution >= 0.6 is 0 Å². The number of benzene rings is 8. The van der Waals surface area contributed by atoms with E-state index >= 15 is 0 Å². The van der Waals surface area contributed by atoms with E-state index in [1.807, 2.05) is 0 Å². The van der Waals surface area contributed by atoms with Crippen molar-refractivity contribution in [1.29, 1.82) is 0 Å². The molecule has 0 bridgehead atoms. The van der Waals surface area contributed by atoms with Crippen LogP contribution in [0.4, 0.5) is 0 Å². The standard InChI is InChI=1S/C48H35B3N2/c49-45-42(33-25-28-40-38(29-33)37-19-10-11-21-39(37)52(40)35-26-23-31(24-27-35)30-13-4-1-5-14-30)46(50)47(51)48-44(45)43-36(32-15-6-2-7-16-32)20-12-22-41(43)53(48)34-17-8-3-9-18-34/h1-29H,49-51H2. The summed E-state index contributed by atoms with van der Waals surface area (Å²) < 4.78 is 4.90. The molecule has 10 rings (SSSR count). The summed E-state index contributed by atoms with van der Waals surface area (Å²) in [7, 11) is 6.96. The minimum absolute atomic E-state index is 1.16. The Balaban J connectivity index is 1.23. The maximum Gasteiger partial charge on any atom is 0.141 e. The van der Waals surface area contributed by atoms with Crippen LogP contribution in [0.15, 0.2) is 176 Å². The first-order valence-corrected chi connectivity index (χ1v) is 18.5. The second-order valence-corrected chi connectivity index (χ2v) is 14.2. The number of hydrogen-bond donors (Lipinski definition) is 0. The average Bonchev–Trinajstić information content (AvgIpc) is 3.75. The lowest BCUT2D eigenvalue weighted by Gasteiger charge is -2.19. The molecule has 0 saturated carbocycles. The van der Waals surface area contributed by atoms with Gasteiger partial charge in [0.15, 0.2) is 0 Å². The van der Waals surface area contributed by atoms with Crippen molar-refractivity contribution >= 4 is 83.5 Å². The molecule has 2 nitrogen and oxygen atoms in total. The van der Waals surface area contributed by atoms with Gasteiger partial charge in [0.05, 0.1) is 16.6 Å². The zero-order chi connectivity index (χ0) is 35.6. The van der Waals surface area contributed by atoms with Crippen molar-refractivity contribution in [1.82, 2.24) is 9.13 Å². The Labute approximate surface area is 312 Å². The normalized spacial score (nSPS) is 11.6. The molecule has 10 aromatic rings. The summed E-state index contributed by atoms with van der Waals surface area (Å²) in [6.45, 7) is 0.